The van der Waals surface area contributed by atoms with Crippen molar-refractivity contribution < 1.29 is 0 Å². The largest absolute Gasteiger partial charge is 0.316 e. The minimum absolute atomic E-state index is 0.706. The molecule has 1 nitrogen and oxygen atoms in total. The molecule has 0 unspecified atom stereocenters. The highest BCUT2D eigenvalue weighted by molar-refractivity contribution is 4.98. The highest BCUT2D eigenvalue weighted by atomic mass is 14.9. The van der Waals surface area contributed by atoms with Crippen molar-refractivity contribution in [3.63, 3.8) is 0 Å². The molecule has 0 aromatic rings. The minimum atomic E-state index is 0.706. The van der Waals surface area contributed by atoms with Crippen LogP contribution >= 0.6 is 0 Å². The van der Waals surface area contributed by atoms with Gasteiger partial charge >= 0.3 is 0 Å². The molecular formula is C17H33N. The van der Waals surface area contributed by atoms with Crippen LogP contribution in [0.1, 0.15) is 78.1 Å². The molecule has 0 atom stereocenters. The zero-order chi connectivity index (χ0) is 12.8. The zero-order valence-corrected chi connectivity index (χ0v) is 12.6. The van der Waals surface area contributed by atoms with Gasteiger partial charge in [0.25, 0.3) is 0 Å². The van der Waals surface area contributed by atoms with Gasteiger partial charge in [0.2, 0.25) is 0 Å². The van der Waals surface area contributed by atoms with Crippen LogP contribution < -0.4 is 5.32 Å². The van der Waals surface area contributed by atoms with Crippen LogP contribution in [-0.2, 0) is 0 Å². The predicted octanol–water partition coefficient (Wildman–Crippen LogP) is 4.76. The normalized spacial score (nSPS) is 32.7. The number of unbranched alkanes of at least 4 members (excludes halogenated alkanes) is 1. The highest BCUT2D eigenvalue weighted by Crippen LogP contribution is 2.54. The lowest BCUT2D eigenvalue weighted by Gasteiger charge is -2.41. The minimum Gasteiger partial charge on any atom is -0.316 e. The average molecular weight is 251 g/mol. The molecule has 0 aliphatic heterocycles. The highest BCUT2D eigenvalue weighted by Gasteiger charge is 2.46. The van der Waals surface area contributed by atoms with E-state index in [9.17, 15) is 0 Å². The molecular weight excluding hydrogens is 218 g/mol. The third-order valence-corrected chi connectivity index (χ3v) is 5.41. The van der Waals surface area contributed by atoms with Gasteiger partial charge in [-0.25, -0.2) is 0 Å². The van der Waals surface area contributed by atoms with Crippen molar-refractivity contribution in [2.24, 2.45) is 17.3 Å². The molecule has 0 amide bonds. The number of nitrogens with one attached hydrogen (secondary N) is 1. The third-order valence-electron chi connectivity index (χ3n) is 5.41. The summed E-state index contributed by atoms with van der Waals surface area (Å²) in [4.78, 5) is 0. The summed E-state index contributed by atoms with van der Waals surface area (Å²) in [6, 6.07) is 0. The second-order valence-corrected chi connectivity index (χ2v) is 6.90. The van der Waals surface area contributed by atoms with Crippen molar-refractivity contribution >= 4 is 0 Å². The lowest BCUT2D eigenvalue weighted by molar-refractivity contribution is 0.113. The Kier molecular flexibility index (Phi) is 5.54. The van der Waals surface area contributed by atoms with Crippen LogP contribution in [-0.4, -0.2) is 13.1 Å². The molecule has 1 heteroatoms. The molecule has 2 fully saturated rings. The Morgan fingerprint density at radius 3 is 2.28 bits per heavy atom. The summed E-state index contributed by atoms with van der Waals surface area (Å²) in [5, 5.41) is 3.72. The van der Waals surface area contributed by atoms with Crippen molar-refractivity contribution in [3.05, 3.63) is 0 Å². The van der Waals surface area contributed by atoms with Gasteiger partial charge in [0.05, 0.1) is 0 Å². The van der Waals surface area contributed by atoms with E-state index in [-0.39, 0.29) is 0 Å². The maximum atomic E-state index is 3.72. The van der Waals surface area contributed by atoms with E-state index >= 15 is 0 Å². The molecule has 18 heavy (non-hydrogen) atoms. The average Bonchev–Trinajstić information content (AvgIpc) is 3.23. The first kappa shape index (κ1) is 14.4. The van der Waals surface area contributed by atoms with Gasteiger partial charge in [-0.2, -0.15) is 0 Å². The molecule has 2 saturated carbocycles. The lowest BCUT2D eigenvalue weighted by atomic mass is 9.66. The second-order valence-electron chi connectivity index (χ2n) is 6.90. The second kappa shape index (κ2) is 6.93. The van der Waals surface area contributed by atoms with Gasteiger partial charge < -0.3 is 5.32 Å². The molecule has 0 radical (unpaired) electrons. The first-order chi connectivity index (χ1) is 8.80. The maximum absolute atomic E-state index is 3.72. The monoisotopic (exact) mass is 251 g/mol. The van der Waals surface area contributed by atoms with Crippen molar-refractivity contribution in [1.29, 1.82) is 0 Å². The van der Waals surface area contributed by atoms with Crippen LogP contribution in [0.3, 0.4) is 0 Å². The van der Waals surface area contributed by atoms with Crippen LogP contribution in [0.25, 0.3) is 0 Å². The molecule has 2 aliphatic carbocycles. The zero-order valence-electron chi connectivity index (χ0n) is 12.6. The summed E-state index contributed by atoms with van der Waals surface area (Å²) in [5.41, 5.74) is 0.706. The van der Waals surface area contributed by atoms with Gasteiger partial charge in [-0.3, -0.25) is 0 Å². The summed E-state index contributed by atoms with van der Waals surface area (Å²) >= 11 is 0. The maximum Gasteiger partial charge on any atom is 0.00105 e. The molecule has 0 bridgehead atoms. The Bertz CT molecular complexity index is 224. The first-order valence-electron chi connectivity index (χ1n) is 8.51. The summed E-state index contributed by atoms with van der Waals surface area (Å²) in [6.07, 6.45) is 14.7. The van der Waals surface area contributed by atoms with Gasteiger partial charge in [0.15, 0.2) is 0 Å². The van der Waals surface area contributed by atoms with Gasteiger partial charge in [0.1, 0.15) is 0 Å². The summed E-state index contributed by atoms with van der Waals surface area (Å²) in [5.74, 6) is 2.14. The number of rotatable bonds is 8. The topological polar surface area (TPSA) is 12.0 Å². The van der Waals surface area contributed by atoms with Crippen molar-refractivity contribution in [1.82, 2.24) is 5.32 Å². The summed E-state index contributed by atoms with van der Waals surface area (Å²) in [6.45, 7) is 7.13. The Labute approximate surface area is 114 Å². The Morgan fingerprint density at radius 1 is 1.00 bits per heavy atom. The van der Waals surface area contributed by atoms with Crippen molar-refractivity contribution in [2.75, 3.05) is 13.1 Å². The fourth-order valence-corrected chi connectivity index (χ4v) is 3.97. The molecule has 0 aromatic heterocycles. The fourth-order valence-electron chi connectivity index (χ4n) is 3.97. The number of hydrogen-bond donors (Lipinski definition) is 1. The Morgan fingerprint density at radius 2 is 1.72 bits per heavy atom. The quantitative estimate of drug-likeness (QED) is 0.613. The predicted molar refractivity (Wildman–Crippen MR) is 79.8 cm³/mol. The Hall–Kier alpha value is -0.0400. The van der Waals surface area contributed by atoms with Crippen LogP contribution in [0.2, 0.25) is 0 Å². The third kappa shape index (κ3) is 3.73. The molecule has 0 aromatic carbocycles. The summed E-state index contributed by atoms with van der Waals surface area (Å²) in [7, 11) is 0. The van der Waals surface area contributed by atoms with Crippen LogP contribution in [0.4, 0.5) is 0 Å². The number of hydrogen-bond acceptors (Lipinski definition) is 1. The van der Waals surface area contributed by atoms with Crippen LogP contribution in [0.5, 0.6) is 0 Å². The van der Waals surface area contributed by atoms with E-state index in [4.69, 9.17) is 0 Å². The molecule has 106 valence electrons. The van der Waals surface area contributed by atoms with Gasteiger partial charge in [-0.1, -0.05) is 33.1 Å². The van der Waals surface area contributed by atoms with Gasteiger partial charge in [-0.05, 0) is 68.7 Å². The molecule has 2 aliphatic rings. The van der Waals surface area contributed by atoms with Gasteiger partial charge in [-0.15, -0.1) is 0 Å². The first-order valence-corrected chi connectivity index (χ1v) is 8.51. The SMILES string of the molecule is CCCCC1CCC(CNCCC)(C2CC2)CC1. The lowest BCUT2D eigenvalue weighted by Crippen LogP contribution is -2.39. The van der Waals surface area contributed by atoms with E-state index in [0.717, 1.165) is 11.8 Å². The van der Waals surface area contributed by atoms with E-state index < -0.39 is 0 Å². The smallest absolute Gasteiger partial charge is 0.00105 e. The van der Waals surface area contributed by atoms with Crippen molar-refractivity contribution in [3.8, 4) is 0 Å². The molecule has 1 N–H and O–H groups in total. The van der Waals surface area contributed by atoms with Crippen LogP contribution in [0.15, 0.2) is 0 Å². The van der Waals surface area contributed by atoms with E-state index in [1.165, 1.54) is 77.3 Å². The molecule has 0 spiro atoms. The van der Waals surface area contributed by atoms with E-state index in [0.29, 0.717) is 5.41 Å². The van der Waals surface area contributed by atoms with Crippen LogP contribution in [0, 0.1) is 17.3 Å². The molecule has 0 heterocycles. The fraction of sp³-hybridized carbons (Fsp3) is 1.00. The molecule has 2 rings (SSSR count). The van der Waals surface area contributed by atoms with Crippen molar-refractivity contribution in [2.45, 2.75) is 78.1 Å². The Balaban J connectivity index is 1.78. The molecule has 0 saturated heterocycles. The van der Waals surface area contributed by atoms with E-state index in [1.807, 2.05) is 0 Å². The van der Waals surface area contributed by atoms with Gasteiger partial charge in [0, 0.05) is 6.54 Å². The summed E-state index contributed by atoms with van der Waals surface area (Å²) < 4.78 is 0. The van der Waals surface area contributed by atoms with E-state index in [2.05, 4.69) is 19.2 Å². The van der Waals surface area contributed by atoms with E-state index in [1.54, 1.807) is 0 Å². The standard InChI is InChI=1S/C17H33N/c1-3-5-6-15-9-11-17(12-10-15,16-7-8-16)14-18-13-4-2/h15-16,18H,3-14H2,1-2H3.